The van der Waals surface area contributed by atoms with Gasteiger partial charge in [-0.3, -0.25) is 4.99 Å². The molecule has 1 aliphatic rings. The number of hydrogen-bond donors (Lipinski definition) is 1. The van der Waals surface area contributed by atoms with Crippen molar-refractivity contribution in [3.8, 4) is 0 Å². The topological polar surface area (TPSA) is 41.5 Å². The lowest BCUT2D eigenvalue weighted by Gasteiger charge is -2.11. The second-order valence-electron chi connectivity index (χ2n) is 7.13. The fourth-order valence-electron chi connectivity index (χ4n) is 3.37. The Bertz CT molecular complexity index is 864. The molecule has 0 atom stereocenters. The molecule has 1 aromatic carbocycles. The van der Waals surface area contributed by atoms with E-state index < -0.39 is 0 Å². The number of rotatable bonds is 8. The largest absolute Gasteiger partial charge is 0.347 e. The summed E-state index contributed by atoms with van der Waals surface area (Å²) in [5.74, 6) is 0.978. The molecule has 0 radical (unpaired) electrons. The van der Waals surface area contributed by atoms with Crippen molar-refractivity contribution in [3.63, 3.8) is 0 Å². The Balaban J connectivity index is 2.31. The smallest absolute Gasteiger partial charge is 0.120 e. The standard InChI is InChI=1S/C26H32N2O/c1-5-8-20(3)23-15-16-25(28-26(19-23)27-4)18-24(9-6-2)22-13-11-21(12-14-22)10-7-17-29/h6,8-9,11-15,17-18H,2,5,7,10,16,19H2,1,3-4H3,(H,27,28)/b20-8+,24-9+,25-18+. The molecule has 0 spiro atoms. The van der Waals surface area contributed by atoms with Crippen LogP contribution in [0, 0.1) is 0 Å². The molecule has 152 valence electrons. The summed E-state index contributed by atoms with van der Waals surface area (Å²) in [5, 5.41) is 3.51. The minimum atomic E-state index is 0.558. The predicted molar refractivity (Wildman–Crippen MR) is 125 cm³/mol. The molecule has 1 N–H and O–H groups in total. The van der Waals surface area contributed by atoms with Gasteiger partial charge in [0.15, 0.2) is 0 Å². The van der Waals surface area contributed by atoms with Crippen molar-refractivity contribution in [2.45, 2.75) is 46.0 Å². The summed E-state index contributed by atoms with van der Waals surface area (Å²) in [6.07, 6.45) is 15.6. The summed E-state index contributed by atoms with van der Waals surface area (Å²) in [5.41, 5.74) is 7.16. The fourth-order valence-corrected chi connectivity index (χ4v) is 3.37. The first-order valence-corrected chi connectivity index (χ1v) is 10.3. The van der Waals surface area contributed by atoms with Gasteiger partial charge in [0, 0.05) is 32.0 Å². The van der Waals surface area contributed by atoms with Gasteiger partial charge in [0.05, 0.1) is 0 Å². The molecule has 2 rings (SSSR count). The van der Waals surface area contributed by atoms with Crippen LogP contribution in [0.5, 0.6) is 0 Å². The first-order valence-electron chi connectivity index (χ1n) is 10.3. The van der Waals surface area contributed by atoms with Gasteiger partial charge in [-0.2, -0.15) is 0 Å². The second kappa shape index (κ2) is 11.8. The van der Waals surface area contributed by atoms with Gasteiger partial charge in [-0.25, -0.2) is 0 Å². The van der Waals surface area contributed by atoms with E-state index in [1.807, 2.05) is 19.2 Å². The first kappa shape index (κ1) is 22.4. The van der Waals surface area contributed by atoms with E-state index in [0.29, 0.717) is 6.42 Å². The van der Waals surface area contributed by atoms with Crippen molar-refractivity contribution in [2.24, 2.45) is 4.99 Å². The molecule has 1 heterocycles. The average molecular weight is 389 g/mol. The highest BCUT2D eigenvalue weighted by atomic mass is 16.1. The molecule has 0 saturated carbocycles. The van der Waals surface area contributed by atoms with Crippen LogP contribution in [0.1, 0.15) is 50.7 Å². The Hall–Kier alpha value is -2.94. The maximum atomic E-state index is 10.6. The van der Waals surface area contributed by atoms with Crippen LogP contribution in [-0.4, -0.2) is 19.2 Å². The highest BCUT2D eigenvalue weighted by Gasteiger charge is 2.12. The van der Waals surface area contributed by atoms with Crippen LogP contribution in [0.25, 0.3) is 5.57 Å². The van der Waals surface area contributed by atoms with Gasteiger partial charge < -0.3 is 10.1 Å². The van der Waals surface area contributed by atoms with Crippen LogP contribution in [0.2, 0.25) is 0 Å². The summed E-state index contributed by atoms with van der Waals surface area (Å²) in [4.78, 5) is 15.0. The maximum Gasteiger partial charge on any atom is 0.120 e. The number of carbonyl (C=O) groups excluding carboxylic acids is 1. The van der Waals surface area contributed by atoms with Gasteiger partial charge >= 0.3 is 0 Å². The number of nitrogens with zero attached hydrogens (tertiary/aromatic N) is 1. The third-order valence-electron chi connectivity index (χ3n) is 4.98. The van der Waals surface area contributed by atoms with E-state index in [0.717, 1.165) is 54.6 Å². The summed E-state index contributed by atoms with van der Waals surface area (Å²) in [6.45, 7) is 8.21. The number of allylic oxidation sites excluding steroid dienone is 7. The molecule has 0 saturated heterocycles. The lowest BCUT2D eigenvalue weighted by molar-refractivity contribution is -0.107. The van der Waals surface area contributed by atoms with Gasteiger partial charge in [-0.15, -0.1) is 0 Å². The summed E-state index contributed by atoms with van der Waals surface area (Å²) in [6, 6.07) is 8.39. The summed E-state index contributed by atoms with van der Waals surface area (Å²) < 4.78 is 0. The number of aldehydes is 1. The Labute approximate surface area is 175 Å². The average Bonchev–Trinajstić information content (AvgIpc) is 2.95. The normalized spacial score (nSPS) is 18.2. The zero-order chi connectivity index (χ0) is 21.1. The summed E-state index contributed by atoms with van der Waals surface area (Å²) >= 11 is 0. The number of hydrogen-bond acceptors (Lipinski definition) is 2. The molecule has 0 aliphatic carbocycles. The number of amidine groups is 1. The van der Waals surface area contributed by atoms with E-state index in [4.69, 9.17) is 0 Å². The molecule has 29 heavy (non-hydrogen) atoms. The molecule has 3 nitrogen and oxygen atoms in total. The minimum absolute atomic E-state index is 0.558. The quantitative estimate of drug-likeness (QED) is 0.440. The number of benzene rings is 1. The molecule has 3 heteroatoms. The van der Waals surface area contributed by atoms with Crippen molar-refractivity contribution in [1.82, 2.24) is 5.32 Å². The van der Waals surface area contributed by atoms with Crippen LogP contribution in [0.4, 0.5) is 0 Å². The second-order valence-corrected chi connectivity index (χ2v) is 7.13. The van der Waals surface area contributed by atoms with Crippen molar-refractivity contribution in [3.05, 3.63) is 89.2 Å². The van der Waals surface area contributed by atoms with Gasteiger partial charge in [0.1, 0.15) is 12.1 Å². The molecule has 0 aromatic heterocycles. The number of nitrogens with one attached hydrogen (secondary N) is 1. The van der Waals surface area contributed by atoms with Crippen molar-refractivity contribution in [1.29, 1.82) is 0 Å². The van der Waals surface area contributed by atoms with E-state index in [1.165, 1.54) is 16.7 Å². The Morgan fingerprint density at radius 3 is 2.66 bits per heavy atom. The molecule has 0 amide bonds. The van der Waals surface area contributed by atoms with Crippen LogP contribution in [-0.2, 0) is 11.2 Å². The van der Waals surface area contributed by atoms with Gasteiger partial charge in [0.25, 0.3) is 0 Å². The van der Waals surface area contributed by atoms with Crippen molar-refractivity contribution < 1.29 is 4.79 Å². The Morgan fingerprint density at radius 1 is 1.28 bits per heavy atom. The maximum absolute atomic E-state index is 10.6. The highest BCUT2D eigenvalue weighted by molar-refractivity contribution is 5.88. The molecule has 0 fully saturated rings. The molecule has 1 aliphatic heterocycles. The number of aryl methyl sites for hydroxylation is 1. The third kappa shape index (κ3) is 6.86. The predicted octanol–water partition coefficient (Wildman–Crippen LogP) is 5.97. The molecule has 1 aromatic rings. The van der Waals surface area contributed by atoms with Crippen LogP contribution < -0.4 is 5.32 Å². The van der Waals surface area contributed by atoms with E-state index in [9.17, 15) is 4.79 Å². The van der Waals surface area contributed by atoms with Crippen molar-refractivity contribution in [2.75, 3.05) is 7.05 Å². The third-order valence-corrected chi connectivity index (χ3v) is 4.98. The van der Waals surface area contributed by atoms with E-state index in [1.54, 1.807) is 0 Å². The minimum Gasteiger partial charge on any atom is -0.347 e. The summed E-state index contributed by atoms with van der Waals surface area (Å²) in [7, 11) is 1.83. The van der Waals surface area contributed by atoms with E-state index in [2.05, 4.69) is 73.2 Å². The lowest BCUT2D eigenvalue weighted by atomic mass is 10.00. The highest BCUT2D eigenvalue weighted by Crippen LogP contribution is 2.24. The fraction of sp³-hybridized carbons (Fsp3) is 0.308. The van der Waals surface area contributed by atoms with Crippen molar-refractivity contribution >= 4 is 17.7 Å². The van der Waals surface area contributed by atoms with Crippen LogP contribution in [0.15, 0.2) is 83.1 Å². The zero-order valence-electron chi connectivity index (χ0n) is 17.9. The van der Waals surface area contributed by atoms with E-state index in [-0.39, 0.29) is 0 Å². The Morgan fingerprint density at radius 2 is 2.03 bits per heavy atom. The monoisotopic (exact) mass is 388 g/mol. The van der Waals surface area contributed by atoms with Crippen LogP contribution in [0.3, 0.4) is 0 Å². The Kier molecular flexibility index (Phi) is 9.10. The molecular weight excluding hydrogens is 356 g/mol. The number of carbonyl (C=O) groups is 1. The van der Waals surface area contributed by atoms with Gasteiger partial charge in [0.2, 0.25) is 0 Å². The van der Waals surface area contributed by atoms with Gasteiger partial charge in [-0.1, -0.05) is 67.6 Å². The first-order chi connectivity index (χ1) is 14.1. The molecule has 0 unspecified atom stereocenters. The van der Waals surface area contributed by atoms with E-state index >= 15 is 0 Å². The molecule has 0 bridgehead atoms. The van der Waals surface area contributed by atoms with Gasteiger partial charge in [-0.05, 0) is 48.1 Å². The van der Waals surface area contributed by atoms with Crippen LogP contribution >= 0.6 is 0 Å². The molecular formula is C26H32N2O. The zero-order valence-corrected chi connectivity index (χ0v) is 17.9. The SMILES string of the molecule is C=C/C=C(\C=C1/CC=C(/C(C)=C/CC)CC(=NC)N1)c1ccc(CCC=O)cc1. The lowest BCUT2D eigenvalue weighted by Crippen LogP contribution is -2.21. The number of aliphatic imine (C=N–C) groups is 1.